The summed E-state index contributed by atoms with van der Waals surface area (Å²) in [5.41, 5.74) is 1.22. The van der Waals surface area contributed by atoms with Crippen LogP contribution in [0.3, 0.4) is 0 Å². The number of fused-ring (bicyclic) bond motifs is 1. The molecule has 2 rings (SSSR count). The van der Waals surface area contributed by atoms with Crippen molar-refractivity contribution in [1.29, 1.82) is 0 Å². The zero-order valence-corrected chi connectivity index (χ0v) is 11.2. The van der Waals surface area contributed by atoms with Gasteiger partial charge in [0.1, 0.15) is 5.69 Å². The van der Waals surface area contributed by atoms with Gasteiger partial charge in [-0.05, 0) is 32.0 Å². The second kappa shape index (κ2) is 5.36. The van der Waals surface area contributed by atoms with Gasteiger partial charge in [0.05, 0.1) is 5.52 Å². The lowest BCUT2D eigenvalue weighted by molar-refractivity contribution is 0.0767. The average Bonchev–Trinajstić information content (AvgIpc) is 2.39. The summed E-state index contributed by atoms with van der Waals surface area (Å²) >= 11 is 5.93. The lowest BCUT2D eigenvalue weighted by Gasteiger charge is -2.18. The van der Waals surface area contributed by atoms with E-state index in [4.69, 9.17) is 11.6 Å². The predicted octanol–water partition coefficient (Wildman–Crippen LogP) is 3.37. The maximum absolute atomic E-state index is 12.2. The van der Waals surface area contributed by atoms with Gasteiger partial charge in [0.25, 0.3) is 5.91 Å². The lowest BCUT2D eigenvalue weighted by atomic mass is 10.2. The number of halogens is 1. The molecule has 3 nitrogen and oxygen atoms in total. The molecule has 1 amide bonds. The third kappa shape index (κ3) is 2.46. The van der Waals surface area contributed by atoms with Gasteiger partial charge < -0.3 is 4.90 Å². The highest BCUT2D eigenvalue weighted by Gasteiger charge is 2.14. The first-order chi connectivity index (χ1) is 8.65. The van der Waals surface area contributed by atoms with E-state index in [0.29, 0.717) is 23.8 Å². The molecular weight excluding hydrogens is 248 g/mol. The van der Waals surface area contributed by atoms with Gasteiger partial charge in [-0.1, -0.05) is 23.7 Å². The number of amides is 1. The number of carbonyl (C=O) groups excluding carboxylic acids is 1. The first kappa shape index (κ1) is 12.8. The van der Waals surface area contributed by atoms with Crippen LogP contribution in [0.4, 0.5) is 0 Å². The van der Waals surface area contributed by atoms with Gasteiger partial charge in [0.15, 0.2) is 0 Å². The smallest absolute Gasteiger partial charge is 0.272 e. The van der Waals surface area contributed by atoms with E-state index in [0.717, 1.165) is 10.9 Å². The standard InChI is InChI=1S/C14H15ClN2O/c1-3-17(4-2)14(18)12-8-6-10-5-7-11(15)9-13(10)16-12/h5-9H,3-4H2,1-2H3. The van der Waals surface area contributed by atoms with Crippen LogP contribution >= 0.6 is 11.6 Å². The van der Waals surface area contributed by atoms with E-state index in [1.54, 1.807) is 17.0 Å². The van der Waals surface area contributed by atoms with Crippen molar-refractivity contribution in [3.05, 3.63) is 41.0 Å². The molecule has 0 spiro atoms. The van der Waals surface area contributed by atoms with Gasteiger partial charge in [-0.3, -0.25) is 4.79 Å². The molecule has 94 valence electrons. The monoisotopic (exact) mass is 262 g/mol. The molecule has 4 heteroatoms. The van der Waals surface area contributed by atoms with Crippen molar-refractivity contribution in [2.24, 2.45) is 0 Å². The van der Waals surface area contributed by atoms with Gasteiger partial charge in [-0.25, -0.2) is 4.98 Å². The number of carbonyl (C=O) groups is 1. The second-order valence-corrected chi connectivity index (χ2v) is 4.45. The Labute approximate surface area is 111 Å². The third-order valence-electron chi connectivity index (χ3n) is 2.92. The van der Waals surface area contributed by atoms with Crippen molar-refractivity contribution in [2.75, 3.05) is 13.1 Å². The highest BCUT2D eigenvalue weighted by atomic mass is 35.5. The molecule has 0 bridgehead atoms. The lowest BCUT2D eigenvalue weighted by Crippen LogP contribution is -2.31. The molecule has 0 N–H and O–H groups in total. The summed E-state index contributed by atoms with van der Waals surface area (Å²) in [6, 6.07) is 9.15. The maximum Gasteiger partial charge on any atom is 0.272 e. The van der Waals surface area contributed by atoms with Crippen molar-refractivity contribution in [3.8, 4) is 0 Å². The molecule has 2 aromatic rings. The molecule has 1 aromatic heterocycles. The maximum atomic E-state index is 12.2. The van der Waals surface area contributed by atoms with Crippen molar-refractivity contribution < 1.29 is 4.79 Å². The Morgan fingerprint density at radius 2 is 1.89 bits per heavy atom. The summed E-state index contributed by atoms with van der Waals surface area (Å²) < 4.78 is 0. The molecular formula is C14H15ClN2O. The molecule has 0 radical (unpaired) electrons. The van der Waals surface area contributed by atoms with Gasteiger partial charge >= 0.3 is 0 Å². The van der Waals surface area contributed by atoms with Crippen LogP contribution in [0.15, 0.2) is 30.3 Å². The van der Waals surface area contributed by atoms with E-state index in [1.807, 2.05) is 32.0 Å². The van der Waals surface area contributed by atoms with Crippen LogP contribution in [0, 0.1) is 0 Å². The number of pyridine rings is 1. The summed E-state index contributed by atoms with van der Waals surface area (Å²) in [6.07, 6.45) is 0. The highest BCUT2D eigenvalue weighted by Crippen LogP contribution is 2.18. The Kier molecular flexibility index (Phi) is 3.82. The number of rotatable bonds is 3. The van der Waals surface area contributed by atoms with E-state index in [9.17, 15) is 4.79 Å². The minimum absolute atomic E-state index is 0.0399. The third-order valence-corrected chi connectivity index (χ3v) is 3.16. The SMILES string of the molecule is CCN(CC)C(=O)c1ccc2ccc(Cl)cc2n1. The fourth-order valence-electron chi connectivity index (χ4n) is 1.88. The molecule has 18 heavy (non-hydrogen) atoms. The van der Waals surface area contributed by atoms with Gasteiger partial charge in [-0.15, -0.1) is 0 Å². The quantitative estimate of drug-likeness (QED) is 0.850. The van der Waals surface area contributed by atoms with Gasteiger partial charge in [0, 0.05) is 23.5 Å². The Hall–Kier alpha value is -1.61. The van der Waals surface area contributed by atoms with Crippen LogP contribution in [0.2, 0.25) is 5.02 Å². The number of nitrogens with zero attached hydrogens (tertiary/aromatic N) is 2. The van der Waals surface area contributed by atoms with Crippen molar-refractivity contribution >= 4 is 28.4 Å². The molecule has 0 atom stereocenters. The van der Waals surface area contributed by atoms with Crippen LogP contribution in [-0.2, 0) is 0 Å². The van der Waals surface area contributed by atoms with E-state index in [2.05, 4.69) is 4.98 Å². The van der Waals surface area contributed by atoms with E-state index >= 15 is 0 Å². The summed E-state index contributed by atoms with van der Waals surface area (Å²) in [4.78, 5) is 18.3. The Balaban J connectivity index is 2.43. The van der Waals surface area contributed by atoms with E-state index < -0.39 is 0 Å². The summed E-state index contributed by atoms with van der Waals surface area (Å²) in [5, 5.41) is 1.61. The first-order valence-corrected chi connectivity index (χ1v) is 6.39. The fourth-order valence-corrected chi connectivity index (χ4v) is 2.05. The Morgan fingerprint density at radius 1 is 1.22 bits per heavy atom. The molecule has 0 saturated carbocycles. The van der Waals surface area contributed by atoms with Crippen molar-refractivity contribution in [3.63, 3.8) is 0 Å². The fraction of sp³-hybridized carbons (Fsp3) is 0.286. The molecule has 0 unspecified atom stereocenters. The predicted molar refractivity (Wildman–Crippen MR) is 74.0 cm³/mol. The molecule has 0 aliphatic heterocycles. The summed E-state index contributed by atoms with van der Waals surface area (Å²) in [7, 11) is 0. The molecule has 0 fully saturated rings. The molecule has 0 saturated heterocycles. The number of benzene rings is 1. The molecule has 1 heterocycles. The minimum Gasteiger partial charge on any atom is -0.338 e. The number of hydrogen-bond acceptors (Lipinski definition) is 2. The second-order valence-electron chi connectivity index (χ2n) is 4.01. The Morgan fingerprint density at radius 3 is 2.56 bits per heavy atom. The van der Waals surface area contributed by atoms with Crippen LogP contribution in [-0.4, -0.2) is 28.9 Å². The Bertz CT molecular complexity index is 579. The zero-order valence-electron chi connectivity index (χ0n) is 10.5. The van der Waals surface area contributed by atoms with Crippen LogP contribution in [0.1, 0.15) is 24.3 Å². The van der Waals surface area contributed by atoms with E-state index in [1.165, 1.54) is 0 Å². The molecule has 1 aromatic carbocycles. The summed E-state index contributed by atoms with van der Waals surface area (Å²) in [6.45, 7) is 5.29. The van der Waals surface area contributed by atoms with Crippen molar-refractivity contribution in [1.82, 2.24) is 9.88 Å². The largest absolute Gasteiger partial charge is 0.338 e. The van der Waals surface area contributed by atoms with Gasteiger partial charge in [-0.2, -0.15) is 0 Å². The molecule has 0 aliphatic carbocycles. The van der Waals surface area contributed by atoms with Crippen LogP contribution in [0.25, 0.3) is 10.9 Å². The topological polar surface area (TPSA) is 33.2 Å². The summed E-state index contributed by atoms with van der Waals surface area (Å²) in [5.74, 6) is -0.0399. The van der Waals surface area contributed by atoms with Crippen LogP contribution in [0.5, 0.6) is 0 Å². The number of hydrogen-bond donors (Lipinski definition) is 0. The number of aromatic nitrogens is 1. The highest BCUT2D eigenvalue weighted by molar-refractivity contribution is 6.31. The average molecular weight is 263 g/mol. The van der Waals surface area contributed by atoms with Gasteiger partial charge in [0.2, 0.25) is 0 Å². The molecule has 0 aliphatic rings. The zero-order chi connectivity index (χ0) is 13.1. The van der Waals surface area contributed by atoms with Crippen LogP contribution < -0.4 is 0 Å². The minimum atomic E-state index is -0.0399. The van der Waals surface area contributed by atoms with E-state index in [-0.39, 0.29) is 5.91 Å². The first-order valence-electron chi connectivity index (χ1n) is 6.01. The van der Waals surface area contributed by atoms with Crippen molar-refractivity contribution in [2.45, 2.75) is 13.8 Å². The normalized spacial score (nSPS) is 10.6.